The zero-order valence-corrected chi connectivity index (χ0v) is 13.8. The minimum Gasteiger partial charge on any atom is -0.481 e. The average Bonchev–Trinajstić information content (AvgIpc) is 3.14. The lowest BCUT2D eigenvalue weighted by atomic mass is 9.93. The van der Waals surface area contributed by atoms with Crippen LogP contribution in [0.2, 0.25) is 0 Å². The molecule has 2 N–H and O–H groups in total. The Kier molecular flexibility index (Phi) is 4.90. The third-order valence-corrected chi connectivity index (χ3v) is 4.68. The van der Waals surface area contributed by atoms with Gasteiger partial charge in [0.2, 0.25) is 11.8 Å². The van der Waals surface area contributed by atoms with Gasteiger partial charge in [0.25, 0.3) is 0 Å². The maximum Gasteiger partial charge on any atom is 0.305 e. The highest BCUT2D eigenvalue weighted by Gasteiger charge is 2.43. The lowest BCUT2D eigenvalue weighted by molar-refractivity contribution is -0.139. The van der Waals surface area contributed by atoms with Crippen molar-refractivity contribution in [2.45, 2.75) is 24.8 Å². The fourth-order valence-corrected chi connectivity index (χ4v) is 3.36. The number of carbonyl (C=O) groups excluding carboxylic acids is 2. The third-order valence-electron chi connectivity index (χ3n) is 4.68. The Hall–Kier alpha value is -2.55. The second-order valence-electron chi connectivity index (χ2n) is 6.64. The maximum absolute atomic E-state index is 13.9. The Labute approximate surface area is 147 Å². The van der Waals surface area contributed by atoms with E-state index in [-0.39, 0.29) is 31.7 Å². The summed E-state index contributed by atoms with van der Waals surface area (Å²) in [6.07, 6.45) is -0.0512. The number of benzene rings is 1. The molecule has 2 fully saturated rings. The number of ether oxygens (including phenoxy) is 1. The lowest BCUT2D eigenvalue weighted by Gasteiger charge is -2.28. The van der Waals surface area contributed by atoms with E-state index in [1.807, 2.05) is 0 Å². The Morgan fingerprint density at radius 2 is 2.15 bits per heavy atom. The zero-order chi connectivity index (χ0) is 18.9. The number of carbonyl (C=O) groups is 3. The van der Waals surface area contributed by atoms with Gasteiger partial charge in [0.15, 0.2) is 0 Å². The van der Waals surface area contributed by atoms with E-state index in [9.17, 15) is 23.2 Å². The Balaban J connectivity index is 1.71. The second kappa shape index (κ2) is 6.99. The molecule has 2 aliphatic rings. The van der Waals surface area contributed by atoms with Crippen molar-refractivity contribution >= 4 is 23.5 Å². The fraction of sp³-hybridized carbons (Fsp3) is 0.471. The number of aliphatic carboxylic acids is 1. The molecule has 26 heavy (non-hydrogen) atoms. The van der Waals surface area contributed by atoms with Crippen LogP contribution in [0.1, 0.15) is 19.3 Å². The molecule has 0 spiro atoms. The first kappa shape index (κ1) is 18.2. The van der Waals surface area contributed by atoms with Gasteiger partial charge in [0.1, 0.15) is 11.6 Å². The van der Waals surface area contributed by atoms with Crippen molar-refractivity contribution in [1.29, 1.82) is 0 Å². The van der Waals surface area contributed by atoms with Crippen LogP contribution in [0.3, 0.4) is 0 Å². The number of hydrogen-bond donors (Lipinski definition) is 2. The van der Waals surface area contributed by atoms with Crippen LogP contribution in [0.5, 0.6) is 0 Å². The van der Waals surface area contributed by atoms with Crippen molar-refractivity contribution in [2.24, 2.45) is 5.92 Å². The van der Waals surface area contributed by atoms with E-state index in [1.165, 1.54) is 0 Å². The van der Waals surface area contributed by atoms with Crippen LogP contribution < -0.4 is 10.2 Å². The molecule has 2 unspecified atom stereocenters. The third kappa shape index (κ3) is 3.67. The van der Waals surface area contributed by atoms with Crippen molar-refractivity contribution in [2.75, 3.05) is 24.7 Å². The minimum atomic E-state index is -1.06. The van der Waals surface area contributed by atoms with E-state index in [1.54, 1.807) is 0 Å². The molecular formula is C17H18F2N2O5. The van der Waals surface area contributed by atoms with Crippen LogP contribution in [0.25, 0.3) is 0 Å². The highest BCUT2D eigenvalue weighted by atomic mass is 19.1. The minimum absolute atomic E-state index is 0.0583. The van der Waals surface area contributed by atoms with Crippen LogP contribution in [-0.4, -0.2) is 48.2 Å². The molecule has 1 aromatic rings. The van der Waals surface area contributed by atoms with Crippen LogP contribution in [0.4, 0.5) is 14.5 Å². The largest absolute Gasteiger partial charge is 0.481 e. The first-order chi connectivity index (χ1) is 12.3. The van der Waals surface area contributed by atoms with Gasteiger partial charge in [-0.3, -0.25) is 14.4 Å². The molecule has 2 amide bonds. The molecule has 0 bridgehead atoms. The molecule has 2 saturated heterocycles. The molecule has 2 aliphatic heterocycles. The molecule has 2 heterocycles. The molecule has 0 aromatic heterocycles. The normalized spacial score (nSPS) is 25.5. The SMILES string of the molecule is O=C(O)CC1(NC(=O)C2CC(=O)N(c3ccc(F)cc3F)C2)CCOC1. The van der Waals surface area contributed by atoms with Gasteiger partial charge in [0, 0.05) is 25.6 Å². The second-order valence-corrected chi connectivity index (χ2v) is 6.64. The molecule has 7 nitrogen and oxygen atoms in total. The molecular weight excluding hydrogens is 350 g/mol. The van der Waals surface area contributed by atoms with Crippen LogP contribution in [0.15, 0.2) is 18.2 Å². The van der Waals surface area contributed by atoms with Crippen molar-refractivity contribution in [1.82, 2.24) is 5.32 Å². The number of rotatable bonds is 5. The number of nitrogens with zero attached hydrogens (tertiary/aromatic N) is 1. The monoisotopic (exact) mass is 368 g/mol. The molecule has 3 rings (SSSR count). The van der Waals surface area contributed by atoms with Gasteiger partial charge < -0.3 is 20.1 Å². The fourth-order valence-electron chi connectivity index (χ4n) is 3.36. The van der Waals surface area contributed by atoms with Gasteiger partial charge in [-0.25, -0.2) is 8.78 Å². The standard InChI is InChI=1S/C17H18F2N2O5/c18-11-1-2-13(12(19)6-11)21-8-10(5-14(21)22)16(25)20-17(7-15(23)24)3-4-26-9-17/h1-2,6,10H,3-5,7-9H2,(H,20,25)(H,23,24). The molecule has 9 heteroatoms. The first-order valence-electron chi connectivity index (χ1n) is 8.17. The number of carboxylic acids is 1. The smallest absolute Gasteiger partial charge is 0.305 e. The van der Waals surface area contributed by atoms with Crippen molar-refractivity contribution in [3.8, 4) is 0 Å². The summed E-state index contributed by atoms with van der Waals surface area (Å²) in [7, 11) is 0. The van der Waals surface area contributed by atoms with E-state index >= 15 is 0 Å². The number of hydrogen-bond acceptors (Lipinski definition) is 4. The van der Waals surface area contributed by atoms with Gasteiger partial charge in [-0.2, -0.15) is 0 Å². The predicted octanol–water partition coefficient (Wildman–Crippen LogP) is 1.07. The topological polar surface area (TPSA) is 95.9 Å². The van der Waals surface area contributed by atoms with Gasteiger partial charge in [0.05, 0.1) is 30.2 Å². The van der Waals surface area contributed by atoms with E-state index in [2.05, 4.69) is 5.32 Å². The summed E-state index contributed by atoms with van der Waals surface area (Å²) < 4.78 is 32.2. The average molecular weight is 368 g/mol. The number of amides is 2. The van der Waals surface area contributed by atoms with Gasteiger partial charge in [-0.1, -0.05) is 0 Å². The summed E-state index contributed by atoms with van der Waals surface area (Å²) in [5.74, 6) is -4.39. The number of anilines is 1. The predicted molar refractivity (Wildman–Crippen MR) is 85.4 cm³/mol. The van der Waals surface area contributed by atoms with Gasteiger partial charge in [-0.05, 0) is 18.6 Å². The summed E-state index contributed by atoms with van der Waals surface area (Å²) >= 11 is 0. The van der Waals surface area contributed by atoms with Crippen molar-refractivity contribution in [3.63, 3.8) is 0 Å². The van der Waals surface area contributed by atoms with Crippen molar-refractivity contribution < 1.29 is 33.0 Å². The van der Waals surface area contributed by atoms with E-state index in [0.29, 0.717) is 19.1 Å². The first-order valence-corrected chi connectivity index (χ1v) is 8.17. The van der Waals surface area contributed by atoms with Crippen LogP contribution >= 0.6 is 0 Å². The lowest BCUT2D eigenvalue weighted by Crippen LogP contribution is -2.52. The van der Waals surface area contributed by atoms with Gasteiger partial charge >= 0.3 is 5.97 Å². The van der Waals surface area contributed by atoms with E-state index in [4.69, 9.17) is 9.84 Å². The Morgan fingerprint density at radius 3 is 2.77 bits per heavy atom. The Morgan fingerprint density at radius 1 is 1.38 bits per heavy atom. The zero-order valence-electron chi connectivity index (χ0n) is 13.8. The molecule has 140 valence electrons. The molecule has 2 atom stereocenters. The van der Waals surface area contributed by atoms with Crippen LogP contribution in [-0.2, 0) is 19.1 Å². The number of halogens is 2. The summed E-state index contributed by atoms with van der Waals surface area (Å²) in [6, 6.07) is 2.87. The number of carboxylic acid groups (broad SMARTS) is 1. The summed E-state index contributed by atoms with van der Waals surface area (Å²) in [6.45, 7) is 0.364. The summed E-state index contributed by atoms with van der Waals surface area (Å²) in [5.41, 5.74) is -1.09. The van der Waals surface area contributed by atoms with Gasteiger partial charge in [-0.15, -0.1) is 0 Å². The van der Waals surface area contributed by atoms with E-state index in [0.717, 1.165) is 17.0 Å². The molecule has 0 radical (unpaired) electrons. The number of nitrogens with one attached hydrogen (secondary N) is 1. The highest BCUT2D eigenvalue weighted by Crippen LogP contribution is 2.29. The Bertz CT molecular complexity index is 749. The molecule has 1 aromatic carbocycles. The quantitative estimate of drug-likeness (QED) is 0.811. The van der Waals surface area contributed by atoms with E-state index < -0.39 is 40.9 Å². The molecule has 0 aliphatic carbocycles. The highest BCUT2D eigenvalue weighted by molar-refractivity contribution is 6.00. The summed E-state index contributed by atoms with van der Waals surface area (Å²) in [4.78, 5) is 36.9. The maximum atomic E-state index is 13.9. The van der Waals surface area contributed by atoms with Crippen LogP contribution in [0, 0.1) is 17.6 Å². The molecule has 0 saturated carbocycles. The summed E-state index contributed by atoms with van der Waals surface area (Å²) in [5, 5.41) is 11.8. The van der Waals surface area contributed by atoms with Crippen molar-refractivity contribution in [3.05, 3.63) is 29.8 Å².